The third kappa shape index (κ3) is 4.50. The van der Waals surface area contributed by atoms with Gasteiger partial charge in [-0.3, -0.25) is 9.59 Å². The zero-order chi connectivity index (χ0) is 20.1. The summed E-state index contributed by atoms with van der Waals surface area (Å²) in [4.78, 5) is 26.5. The van der Waals surface area contributed by atoms with E-state index >= 15 is 0 Å². The van der Waals surface area contributed by atoms with Crippen LogP contribution in [-0.2, 0) is 9.59 Å². The number of halogens is 1. The Labute approximate surface area is 169 Å². The Bertz CT molecular complexity index is 998. The van der Waals surface area contributed by atoms with Crippen molar-refractivity contribution < 1.29 is 9.59 Å². The Morgan fingerprint density at radius 3 is 2.36 bits per heavy atom. The van der Waals surface area contributed by atoms with Gasteiger partial charge in [0.1, 0.15) is 0 Å². The summed E-state index contributed by atoms with van der Waals surface area (Å²) in [6.07, 6.45) is 0. The van der Waals surface area contributed by atoms with Crippen molar-refractivity contribution in [3.05, 3.63) is 77.3 Å². The predicted octanol–water partition coefficient (Wildman–Crippen LogP) is 3.85. The van der Waals surface area contributed by atoms with Gasteiger partial charge in [0.05, 0.1) is 16.8 Å². The fourth-order valence-corrected chi connectivity index (χ4v) is 3.31. The van der Waals surface area contributed by atoms with Crippen molar-refractivity contribution in [3.8, 4) is 0 Å². The number of amides is 2. The van der Waals surface area contributed by atoms with Crippen molar-refractivity contribution in [2.24, 2.45) is 0 Å². The van der Waals surface area contributed by atoms with E-state index in [0.29, 0.717) is 17.3 Å². The first-order chi connectivity index (χ1) is 13.5. The topological polar surface area (TPSA) is 61.4 Å². The number of fused-ring (bicyclic) bond motifs is 1. The number of carbonyl (C=O) groups excluding carboxylic acids is 2. The highest BCUT2D eigenvalue weighted by Crippen LogP contribution is 2.26. The minimum absolute atomic E-state index is 0.0804. The first-order valence-corrected chi connectivity index (χ1v) is 9.33. The number of nitrogens with one attached hydrogen (secondary N) is 2. The van der Waals surface area contributed by atoms with E-state index in [1.807, 2.05) is 43.3 Å². The minimum Gasteiger partial charge on any atom is -0.346 e. The Hall–Kier alpha value is -2.89. The Morgan fingerprint density at radius 1 is 0.929 bits per heavy atom. The first kappa shape index (κ1) is 19.9. The molecule has 5 nitrogen and oxygen atoms in total. The Balaban J connectivity index is 1.72. The largest absolute Gasteiger partial charge is 0.346 e. The fraction of sp³-hybridized carbons (Fsp3) is 0.182. The van der Waals surface area contributed by atoms with Crippen LogP contribution in [0.2, 0.25) is 5.02 Å². The minimum atomic E-state index is -0.747. The molecule has 0 aliphatic rings. The lowest BCUT2D eigenvalue weighted by Gasteiger charge is -2.26. The third-order valence-electron chi connectivity index (χ3n) is 4.59. The first-order valence-electron chi connectivity index (χ1n) is 8.95. The van der Waals surface area contributed by atoms with Gasteiger partial charge in [0.15, 0.2) is 0 Å². The van der Waals surface area contributed by atoms with Crippen LogP contribution < -0.4 is 10.6 Å². The van der Waals surface area contributed by atoms with Crippen molar-refractivity contribution in [2.75, 3.05) is 26.0 Å². The van der Waals surface area contributed by atoms with E-state index in [0.717, 1.165) is 16.3 Å². The van der Waals surface area contributed by atoms with Gasteiger partial charge in [-0.25, -0.2) is 0 Å². The van der Waals surface area contributed by atoms with Crippen molar-refractivity contribution in [2.45, 2.75) is 6.04 Å². The second-order valence-electron chi connectivity index (χ2n) is 6.69. The van der Waals surface area contributed by atoms with E-state index in [1.54, 1.807) is 24.3 Å². The average Bonchev–Trinajstić information content (AvgIpc) is 2.69. The van der Waals surface area contributed by atoms with Crippen LogP contribution in [0.1, 0.15) is 11.6 Å². The summed E-state index contributed by atoms with van der Waals surface area (Å²) in [7, 11) is 3.89. The molecule has 0 fully saturated rings. The van der Waals surface area contributed by atoms with Crippen LogP contribution in [0, 0.1) is 0 Å². The van der Waals surface area contributed by atoms with Gasteiger partial charge in [0, 0.05) is 6.54 Å². The number of hydrogen-bond acceptors (Lipinski definition) is 3. The Morgan fingerprint density at radius 2 is 1.61 bits per heavy atom. The maximum absolute atomic E-state index is 12.3. The molecule has 2 N–H and O–H groups in total. The molecule has 2 amide bonds. The van der Waals surface area contributed by atoms with Gasteiger partial charge in [-0.2, -0.15) is 0 Å². The molecule has 0 aliphatic carbocycles. The molecule has 3 aromatic rings. The van der Waals surface area contributed by atoms with Gasteiger partial charge in [-0.05, 0) is 42.6 Å². The monoisotopic (exact) mass is 395 g/mol. The maximum Gasteiger partial charge on any atom is 0.313 e. The number of benzene rings is 3. The van der Waals surface area contributed by atoms with Crippen LogP contribution in [-0.4, -0.2) is 37.4 Å². The van der Waals surface area contributed by atoms with Crippen LogP contribution >= 0.6 is 11.6 Å². The predicted molar refractivity (Wildman–Crippen MR) is 113 cm³/mol. The van der Waals surface area contributed by atoms with Crippen LogP contribution in [0.3, 0.4) is 0 Å². The molecule has 3 rings (SSSR count). The molecule has 0 unspecified atom stereocenters. The Kier molecular flexibility index (Phi) is 6.29. The molecule has 0 saturated heterocycles. The maximum atomic E-state index is 12.3. The van der Waals surface area contributed by atoms with Gasteiger partial charge >= 0.3 is 11.8 Å². The number of para-hydroxylation sites is 1. The number of nitrogens with zero attached hydrogens (tertiary/aromatic N) is 1. The molecule has 6 heteroatoms. The van der Waals surface area contributed by atoms with Gasteiger partial charge in [0.25, 0.3) is 0 Å². The zero-order valence-corrected chi connectivity index (χ0v) is 16.5. The lowest BCUT2D eigenvalue weighted by Crippen LogP contribution is -2.40. The quantitative estimate of drug-likeness (QED) is 0.645. The molecule has 0 radical (unpaired) electrons. The fourth-order valence-electron chi connectivity index (χ4n) is 3.12. The van der Waals surface area contributed by atoms with Crippen molar-refractivity contribution in [1.82, 2.24) is 10.2 Å². The van der Waals surface area contributed by atoms with Gasteiger partial charge in [0.2, 0.25) is 0 Å². The number of likely N-dealkylation sites (N-methyl/N-ethyl adjacent to an activating group) is 1. The van der Waals surface area contributed by atoms with E-state index in [4.69, 9.17) is 11.6 Å². The second-order valence-corrected chi connectivity index (χ2v) is 7.10. The SMILES string of the molecule is CN(C)[C@H](CNC(=O)C(=O)Nc1ccccc1Cl)c1cccc2ccccc12. The standard InChI is InChI=1S/C22H22ClN3O2/c1-26(2)20(17-11-7-9-15-8-3-4-10-16(15)17)14-24-21(27)22(28)25-19-13-6-5-12-18(19)23/h3-13,20H,14H2,1-2H3,(H,24,27)(H,25,28)/t20-/m1/s1. The summed E-state index contributed by atoms with van der Waals surface area (Å²) in [5, 5.41) is 7.90. The normalized spacial score (nSPS) is 12.0. The molecule has 0 saturated carbocycles. The van der Waals surface area contributed by atoms with Crippen molar-refractivity contribution >= 4 is 39.9 Å². The van der Waals surface area contributed by atoms with Crippen LogP contribution in [0.15, 0.2) is 66.7 Å². The number of anilines is 1. The lowest BCUT2D eigenvalue weighted by atomic mass is 9.98. The number of carbonyl (C=O) groups is 2. The molecule has 0 spiro atoms. The summed E-state index contributed by atoms with van der Waals surface area (Å²) < 4.78 is 0. The molecule has 144 valence electrons. The smallest absolute Gasteiger partial charge is 0.313 e. The van der Waals surface area contributed by atoms with Gasteiger partial charge in [-0.1, -0.05) is 66.2 Å². The summed E-state index contributed by atoms with van der Waals surface area (Å²) in [5.41, 5.74) is 1.50. The number of hydrogen-bond donors (Lipinski definition) is 2. The van der Waals surface area contributed by atoms with E-state index in [-0.39, 0.29) is 6.04 Å². The van der Waals surface area contributed by atoms with Gasteiger partial charge in [-0.15, -0.1) is 0 Å². The summed E-state index contributed by atoms with van der Waals surface area (Å²) in [5.74, 6) is -1.45. The zero-order valence-electron chi connectivity index (χ0n) is 15.8. The van der Waals surface area contributed by atoms with E-state index in [2.05, 4.69) is 28.8 Å². The summed E-state index contributed by atoms with van der Waals surface area (Å²) >= 11 is 6.02. The molecule has 0 aliphatic heterocycles. The molecular weight excluding hydrogens is 374 g/mol. The van der Waals surface area contributed by atoms with Crippen LogP contribution in [0.25, 0.3) is 10.8 Å². The van der Waals surface area contributed by atoms with E-state index < -0.39 is 11.8 Å². The summed E-state index contributed by atoms with van der Waals surface area (Å²) in [6.45, 7) is 0.301. The average molecular weight is 396 g/mol. The molecule has 3 aromatic carbocycles. The molecule has 28 heavy (non-hydrogen) atoms. The highest BCUT2D eigenvalue weighted by atomic mass is 35.5. The number of rotatable bonds is 5. The lowest BCUT2D eigenvalue weighted by molar-refractivity contribution is -0.136. The molecule has 0 heterocycles. The van der Waals surface area contributed by atoms with Crippen LogP contribution in [0.5, 0.6) is 0 Å². The molecular formula is C22H22ClN3O2. The van der Waals surface area contributed by atoms with Crippen molar-refractivity contribution in [1.29, 1.82) is 0 Å². The van der Waals surface area contributed by atoms with E-state index in [9.17, 15) is 9.59 Å². The second kappa shape index (κ2) is 8.87. The van der Waals surface area contributed by atoms with Crippen molar-refractivity contribution in [3.63, 3.8) is 0 Å². The molecule has 0 aromatic heterocycles. The molecule has 0 bridgehead atoms. The third-order valence-corrected chi connectivity index (χ3v) is 4.92. The van der Waals surface area contributed by atoms with E-state index in [1.165, 1.54) is 0 Å². The highest BCUT2D eigenvalue weighted by molar-refractivity contribution is 6.41. The highest BCUT2D eigenvalue weighted by Gasteiger charge is 2.20. The van der Waals surface area contributed by atoms with Crippen LogP contribution in [0.4, 0.5) is 5.69 Å². The molecule has 1 atom stereocenters. The summed E-state index contributed by atoms with van der Waals surface area (Å²) in [6, 6.07) is 20.9. The van der Waals surface area contributed by atoms with Gasteiger partial charge < -0.3 is 15.5 Å².